The standard InChI is InChI=1S/C17H21N5O3/c1-12(16(23)19-14-5-3-2-4-6-14)25-17(24)13-7-9-15(10-8-13)22-11-18-20-21-22/h7-12,14H,2-6H2,1H3,(H,19,23)/t12-/m1/s1. The van der Waals surface area contributed by atoms with E-state index in [1.807, 2.05) is 0 Å². The summed E-state index contributed by atoms with van der Waals surface area (Å²) in [4.78, 5) is 24.4. The topological polar surface area (TPSA) is 99.0 Å². The van der Waals surface area contributed by atoms with Gasteiger partial charge in [-0.3, -0.25) is 4.79 Å². The van der Waals surface area contributed by atoms with Crippen LogP contribution in [0.1, 0.15) is 49.4 Å². The SMILES string of the molecule is C[C@@H](OC(=O)c1ccc(-n2cnnn2)cc1)C(=O)NC1CCCCC1. The smallest absolute Gasteiger partial charge is 0.338 e. The summed E-state index contributed by atoms with van der Waals surface area (Å²) < 4.78 is 6.75. The summed E-state index contributed by atoms with van der Waals surface area (Å²) in [5.74, 6) is -0.778. The van der Waals surface area contributed by atoms with Crippen LogP contribution in [0.4, 0.5) is 0 Å². The van der Waals surface area contributed by atoms with Crippen LogP contribution >= 0.6 is 0 Å². The van der Waals surface area contributed by atoms with E-state index in [9.17, 15) is 9.59 Å². The Morgan fingerprint density at radius 2 is 1.92 bits per heavy atom. The van der Waals surface area contributed by atoms with E-state index in [1.165, 1.54) is 17.4 Å². The number of hydrogen-bond acceptors (Lipinski definition) is 6. The fourth-order valence-corrected chi connectivity index (χ4v) is 2.88. The zero-order valence-electron chi connectivity index (χ0n) is 14.1. The molecule has 0 saturated heterocycles. The zero-order valence-corrected chi connectivity index (χ0v) is 14.1. The van der Waals surface area contributed by atoms with Gasteiger partial charge in [0.15, 0.2) is 6.10 Å². The molecule has 1 heterocycles. The first-order chi connectivity index (χ1) is 12.1. The molecule has 0 radical (unpaired) electrons. The predicted octanol–water partition coefficient (Wildman–Crippen LogP) is 1.66. The molecule has 0 aliphatic heterocycles. The van der Waals surface area contributed by atoms with Gasteiger partial charge in [-0.15, -0.1) is 5.10 Å². The van der Waals surface area contributed by atoms with Crippen molar-refractivity contribution in [2.75, 3.05) is 0 Å². The highest BCUT2D eigenvalue weighted by Crippen LogP contribution is 2.17. The van der Waals surface area contributed by atoms with E-state index in [0.717, 1.165) is 31.4 Å². The van der Waals surface area contributed by atoms with Gasteiger partial charge < -0.3 is 10.1 Å². The van der Waals surface area contributed by atoms with Crippen molar-refractivity contribution in [3.8, 4) is 5.69 Å². The Labute approximate surface area is 145 Å². The molecule has 3 rings (SSSR count). The molecule has 0 unspecified atom stereocenters. The maximum Gasteiger partial charge on any atom is 0.338 e. The van der Waals surface area contributed by atoms with Crippen molar-refractivity contribution in [1.29, 1.82) is 0 Å². The minimum Gasteiger partial charge on any atom is -0.449 e. The average molecular weight is 343 g/mol. The van der Waals surface area contributed by atoms with Crippen molar-refractivity contribution in [1.82, 2.24) is 25.5 Å². The number of amides is 1. The first-order valence-corrected chi connectivity index (χ1v) is 8.48. The van der Waals surface area contributed by atoms with Gasteiger partial charge in [0.2, 0.25) is 0 Å². The number of carbonyl (C=O) groups excluding carboxylic acids is 2. The molecule has 2 aromatic rings. The number of aromatic nitrogens is 4. The molecule has 0 spiro atoms. The van der Waals surface area contributed by atoms with Crippen LogP contribution in [0.2, 0.25) is 0 Å². The van der Waals surface area contributed by atoms with Crippen LogP contribution in [-0.2, 0) is 9.53 Å². The van der Waals surface area contributed by atoms with Crippen LogP contribution < -0.4 is 5.32 Å². The van der Waals surface area contributed by atoms with Gasteiger partial charge in [0.1, 0.15) is 6.33 Å². The molecular weight excluding hydrogens is 322 g/mol. The maximum atomic E-state index is 12.2. The van der Waals surface area contributed by atoms with Gasteiger partial charge in [0, 0.05) is 6.04 Å². The fourth-order valence-electron chi connectivity index (χ4n) is 2.88. The van der Waals surface area contributed by atoms with Crippen molar-refractivity contribution < 1.29 is 14.3 Å². The lowest BCUT2D eigenvalue weighted by Gasteiger charge is -2.24. The number of esters is 1. The molecule has 1 atom stereocenters. The van der Waals surface area contributed by atoms with Crippen LogP contribution in [0.25, 0.3) is 5.69 Å². The van der Waals surface area contributed by atoms with Crippen LogP contribution in [-0.4, -0.2) is 44.2 Å². The lowest BCUT2D eigenvalue weighted by Crippen LogP contribution is -2.42. The minimum absolute atomic E-state index is 0.193. The van der Waals surface area contributed by atoms with Gasteiger partial charge in [-0.2, -0.15) is 0 Å². The number of ether oxygens (including phenoxy) is 1. The number of nitrogens with zero attached hydrogens (tertiary/aromatic N) is 4. The molecule has 8 nitrogen and oxygen atoms in total. The molecule has 1 fully saturated rings. The van der Waals surface area contributed by atoms with Gasteiger partial charge in [-0.25, -0.2) is 9.48 Å². The predicted molar refractivity (Wildman–Crippen MR) is 89.0 cm³/mol. The molecule has 0 bridgehead atoms. The molecule has 25 heavy (non-hydrogen) atoms. The Morgan fingerprint density at radius 3 is 2.56 bits per heavy atom. The van der Waals surface area contributed by atoms with Crippen molar-refractivity contribution in [3.63, 3.8) is 0 Å². The van der Waals surface area contributed by atoms with Crippen molar-refractivity contribution >= 4 is 11.9 Å². The number of benzene rings is 1. The molecule has 1 amide bonds. The summed E-state index contributed by atoms with van der Waals surface area (Å²) in [5.41, 5.74) is 1.10. The monoisotopic (exact) mass is 343 g/mol. The Kier molecular flexibility index (Phi) is 5.37. The highest BCUT2D eigenvalue weighted by Gasteiger charge is 2.22. The summed E-state index contributed by atoms with van der Waals surface area (Å²) in [6.45, 7) is 1.59. The quantitative estimate of drug-likeness (QED) is 0.829. The summed E-state index contributed by atoms with van der Waals surface area (Å²) in [6.07, 6.45) is 6.10. The van der Waals surface area contributed by atoms with E-state index in [4.69, 9.17) is 4.74 Å². The number of nitrogens with one attached hydrogen (secondary N) is 1. The van der Waals surface area contributed by atoms with Crippen LogP contribution in [0.3, 0.4) is 0 Å². The first-order valence-electron chi connectivity index (χ1n) is 8.48. The van der Waals surface area contributed by atoms with Gasteiger partial charge in [0.05, 0.1) is 11.3 Å². The lowest BCUT2D eigenvalue weighted by molar-refractivity contribution is -0.130. The van der Waals surface area contributed by atoms with Gasteiger partial charge >= 0.3 is 5.97 Å². The third kappa shape index (κ3) is 4.40. The van der Waals surface area contributed by atoms with E-state index in [2.05, 4.69) is 20.8 Å². The molecule has 1 aromatic heterocycles. The Hall–Kier alpha value is -2.77. The van der Waals surface area contributed by atoms with E-state index >= 15 is 0 Å². The highest BCUT2D eigenvalue weighted by atomic mass is 16.5. The Bertz CT molecular complexity index is 708. The molecule has 132 valence electrons. The third-order valence-electron chi connectivity index (χ3n) is 4.32. The van der Waals surface area contributed by atoms with E-state index in [-0.39, 0.29) is 11.9 Å². The van der Waals surface area contributed by atoms with E-state index in [1.54, 1.807) is 31.2 Å². The Morgan fingerprint density at radius 1 is 1.20 bits per heavy atom. The summed E-state index contributed by atoms with van der Waals surface area (Å²) in [7, 11) is 0. The summed E-state index contributed by atoms with van der Waals surface area (Å²) in [6, 6.07) is 6.84. The molecule has 8 heteroatoms. The van der Waals surface area contributed by atoms with Gasteiger partial charge in [-0.1, -0.05) is 19.3 Å². The molecule has 1 aliphatic rings. The van der Waals surface area contributed by atoms with Gasteiger partial charge in [-0.05, 0) is 54.5 Å². The number of tetrazole rings is 1. The Balaban J connectivity index is 1.54. The van der Waals surface area contributed by atoms with E-state index < -0.39 is 12.1 Å². The lowest BCUT2D eigenvalue weighted by atomic mass is 9.95. The van der Waals surface area contributed by atoms with Crippen LogP contribution in [0.15, 0.2) is 30.6 Å². The average Bonchev–Trinajstić information content (AvgIpc) is 3.17. The molecule has 1 aliphatic carbocycles. The minimum atomic E-state index is -0.825. The van der Waals surface area contributed by atoms with Crippen LogP contribution in [0, 0.1) is 0 Å². The van der Waals surface area contributed by atoms with E-state index in [0.29, 0.717) is 5.56 Å². The maximum absolute atomic E-state index is 12.2. The number of carbonyl (C=O) groups is 2. The van der Waals surface area contributed by atoms with Gasteiger partial charge in [0.25, 0.3) is 5.91 Å². The number of hydrogen-bond donors (Lipinski definition) is 1. The number of rotatable bonds is 5. The van der Waals surface area contributed by atoms with Crippen molar-refractivity contribution in [2.45, 2.75) is 51.2 Å². The molecular formula is C17H21N5O3. The van der Waals surface area contributed by atoms with Crippen LogP contribution in [0.5, 0.6) is 0 Å². The van der Waals surface area contributed by atoms with Crippen molar-refractivity contribution in [3.05, 3.63) is 36.2 Å². The molecule has 1 aromatic carbocycles. The zero-order chi connectivity index (χ0) is 17.6. The molecule has 1 saturated carbocycles. The molecule has 1 N–H and O–H groups in total. The summed E-state index contributed by atoms with van der Waals surface area (Å²) in [5, 5.41) is 13.9. The second kappa shape index (κ2) is 7.87. The first kappa shape index (κ1) is 17.1. The second-order valence-electron chi connectivity index (χ2n) is 6.19. The summed E-state index contributed by atoms with van der Waals surface area (Å²) >= 11 is 0. The normalized spacial score (nSPS) is 16.2. The largest absolute Gasteiger partial charge is 0.449 e. The van der Waals surface area contributed by atoms with Crippen molar-refractivity contribution in [2.24, 2.45) is 0 Å². The third-order valence-corrected chi connectivity index (χ3v) is 4.32. The second-order valence-corrected chi connectivity index (χ2v) is 6.19. The fraction of sp³-hybridized carbons (Fsp3) is 0.471. The highest BCUT2D eigenvalue weighted by molar-refractivity contribution is 5.92.